The van der Waals surface area contributed by atoms with Gasteiger partial charge in [0.1, 0.15) is 11.9 Å². The number of carbonyl (C=O) groups excluding carboxylic acids is 4. The van der Waals surface area contributed by atoms with Crippen molar-refractivity contribution in [2.45, 2.75) is 65.2 Å². The van der Waals surface area contributed by atoms with Crippen LogP contribution in [0, 0.1) is 11.7 Å². The number of nitrogens with one attached hydrogen (secondary N) is 5. The quantitative estimate of drug-likeness (QED) is 0.133. The molecule has 0 aliphatic heterocycles. The van der Waals surface area contributed by atoms with Crippen LogP contribution in [0.4, 0.5) is 10.1 Å². The fourth-order valence-electron chi connectivity index (χ4n) is 5.40. The Bertz CT molecular complexity index is 1820. The van der Waals surface area contributed by atoms with E-state index < -0.39 is 52.0 Å². The molecule has 3 rings (SSSR count). The molecule has 0 aliphatic carbocycles. The van der Waals surface area contributed by atoms with Gasteiger partial charge < -0.3 is 26.6 Å². The van der Waals surface area contributed by atoms with Crippen LogP contribution in [0.25, 0.3) is 0 Å². The molecule has 4 atom stereocenters. The van der Waals surface area contributed by atoms with Crippen LogP contribution >= 0.6 is 0 Å². The minimum Gasteiger partial charge on any atom is -0.355 e. The van der Waals surface area contributed by atoms with Crippen LogP contribution < -0.4 is 30.9 Å². The van der Waals surface area contributed by atoms with Gasteiger partial charge in [0.25, 0.3) is 11.8 Å². The summed E-state index contributed by atoms with van der Waals surface area (Å²) in [6.45, 7) is 9.44. The fraction of sp³-hybridized carbons (Fsp3) is 0.421. The first-order valence-electron chi connectivity index (χ1n) is 17.5. The normalized spacial score (nSPS) is 13.8. The van der Waals surface area contributed by atoms with Gasteiger partial charge in [0, 0.05) is 51.4 Å². The van der Waals surface area contributed by atoms with E-state index in [1.165, 1.54) is 51.5 Å². The molecular weight excluding hydrogens is 702 g/mol. The van der Waals surface area contributed by atoms with Crippen LogP contribution in [-0.2, 0) is 26.2 Å². The van der Waals surface area contributed by atoms with Crippen molar-refractivity contribution in [1.82, 2.24) is 30.9 Å². The summed E-state index contributed by atoms with van der Waals surface area (Å²) in [5.74, 6) is -2.40. The smallest absolute Gasteiger partial charge is 0.303 e. The Balaban J connectivity index is 1.91. The monoisotopic (exact) mass is 753 g/mol. The van der Waals surface area contributed by atoms with Crippen molar-refractivity contribution in [3.05, 3.63) is 101 Å². The van der Waals surface area contributed by atoms with Gasteiger partial charge in [0.2, 0.25) is 11.8 Å². The zero-order valence-electron chi connectivity index (χ0n) is 31.6. The number of halogens is 1. The molecule has 3 aromatic rings. The topological polar surface area (TPSA) is 169 Å². The summed E-state index contributed by atoms with van der Waals surface area (Å²) in [6, 6.07) is 16.6. The van der Waals surface area contributed by atoms with Crippen LogP contribution in [-0.4, -0.2) is 88.7 Å². The van der Waals surface area contributed by atoms with E-state index >= 15 is 0 Å². The average Bonchev–Trinajstić information content (AvgIpc) is 3.12. The maximum Gasteiger partial charge on any atom is 0.303 e. The Morgan fingerprint density at radius 1 is 0.774 bits per heavy atom. The summed E-state index contributed by atoms with van der Waals surface area (Å²) in [4.78, 5) is 53.2. The van der Waals surface area contributed by atoms with Crippen molar-refractivity contribution < 1.29 is 32.0 Å². The van der Waals surface area contributed by atoms with E-state index in [-0.39, 0.29) is 41.1 Å². The molecule has 4 amide bonds. The second-order valence-corrected chi connectivity index (χ2v) is 15.6. The number of rotatable bonds is 18. The van der Waals surface area contributed by atoms with Gasteiger partial charge in [-0.2, -0.15) is 12.7 Å². The minimum atomic E-state index is -4.00. The third-order valence-electron chi connectivity index (χ3n) is 8.65. The number of hydrogen-bond donors (Lipinski definition) is 5. The van der Waals surface area contributed by atoms with E-state index in [0.717, 1.165) is 14.2 Å². The van der Waals surface area contributed by atoms with Gasteiger partial charge in [-0.05, 0) is 74.6 Å². The maximum atomic E-state index is 14.0. The largest absolute Gasteiger partial charge is 0.355 e. The third kappa shape index (κ3) is 12.1. The summed E-state index contributed by atoms with van der Waals surface area (Å²) in [7, 11) is 0.0493. The van der Waals surface area contributed by atoms with E-state index in [1.807, 2.05) is 44.2 Å². The SMILES string of the molecule is CCNC(=O)[C@@H](NC(=O)[C@H](C)NC[C@H](Cc1ccccc1)NC(=O)c1cc(C(=O)N[C@H](C)c2ccc(F)cc2)cc(N(C)S(=O)(=O)N(C)C)c1)C(C)C. The number of anilines is 1. The molecule has 0 fully saturated rings. The number of benzene rings is 3. The van der Waals surface area contributed by atoms with Crippen molar-refractivity contribution in [3.63, 3.8) is 0 Å². The van der Waals surface area contributed by atoms with Gasteiger partial charge in [-0.1, -0.05) is 56.3 Å². The number of hydrogen-bond acceptors (Lipinski definition) is 7. The Kier molecular flexibility index (Phi) is 15.5. The second-order valence-electron chi connectivity index (χ2n) is 13.4. The van der Waals surface area contributed by atoms with E-state index in [9.17, 15) is 32.0 Å². The zero-order valence-corrected chi connectivity index (χ0v) is 32.4. The molecule has 0 bridgehead atoms. The van der Waals surface area contributed by atoms with Crippen molar-refractivity contribution in [2.75, 3.05) is 38.5 Å². The molecule has 0 saturated heterocycles. The molecule has 288 valence electrons. The lowest BCUT2D eigenvalue weighted by molar-refractivity contribution is -0.130. The fourth-order valence-corrected chi connectivity index (χ4v) is 6.26. The van der Waals surface area contributed by atoms with Crippen LogP contribution in [0.1, 0.15) is 72.5 Å². The lowest BCUT2D eigenvalue weighted by Crippen LogP contribution is -2.55. The van der Waals surface area contributed by atoms with Crippen molar-refractivity contribution in [2.24, 2.45) is 5.92 Å². The summed E-state index contributed by atoms with van der Waals surface area (Å²) in [5.41, 5.74) is 1.67. The van der Waals surface area contributed by atoms with Crippen LogP contribution in [0.3, 0.4) is 0 Å². The zero-order chi connectivity index (χ0) is 39.5. The lowest BCUT2D eigenvalue weighted by Gasteiger charge is -2.26. The molecule has 0 unspecified atom stereocenters. The van der Waals surface area contributed by atoms with Crippen LogP contribution in [0.2, 0.25) is 0 Å². The Labute approximate surface area is 312 Å². The predicted molar refractivity (Wildman–Crippen MR) is 204 cm³/mol. The summed E-state index contributed by atoms with van der Waals surface area (Å²) in [5, 5.41) is 14.5. The van der Waals surface area contributed by atoms with Crippen molar-refractivity contribution >= 4 is 39.5 Å². The number of likely N-dealkylation sites (N-methyl/N-ethyl adjacent to an activating group) is 1. The van der Waals surface area contributed by atoms with Crippen molar-refractivity contribution in [1.29, 1.82) is 0 Å². The lowest BCUT2D eigenvalue weighted by atomic mass is 10.0. The summed E-state index contributed by atoms with van der Waals surface area (Å²) in [6.07, 6.45) is 0.374. The molecule has 3 aromatic carbocycles. The standard InChI is InChI=1S/C38H52FN7O6S/c1-9-40-38(50)34(24(2)3)44-35(47)26(5)41-23-32(19-27-13-11-10-12-14-27)43-37(49)30-20-29(21-33(22-30)46(8)53(51,52)45(6)7)36(48)42-25(4)28-15-17-31(39)18-16-28/h10-18,20-22,24-26,32,34,41H,9,19,23H2,1-8H3,(H,40,50)(H,42,48)(H,43,49)(H,44,47)/t25-,26+,32+,34+/m1/s1. The molecular formula is C38H52FN7O6S. The molecule has 0 radical (unpaired) electrons. The highest BCUT2D eigenvalue weighted by Crippen LogP contribution is 2.23. The first-order chi connectivity index (χ1) is 24.9. The van der Waals surface area contributed by atoms with Crippen molar-refractivity contribution in [3.8, 4) is 0 Å². The van der Waals surface area contributed by atoms with Gasteiger partial charge in [-0.3, -0.25) is 23.5 Å². The van der Waals surface area contributed by atoms with E-state index in [0.29, 0.717) is 18.5 Å². The molecule has 5 N–H and O–H groups in total. The van der Waals surface area contributed by atoms with Gasteiger partial charge >= 0.3 is 10.2 Å². The number of carbonyl (C=O) groups is 4. The summed E-state index contributed by atoms with van der Waals surface area (Å²) < 4.78 is 41.7. The molecule has 13 nitrogen and oxygen atoms in total. The van der Waals surface area contributed by atoms with Crippen LogP contribution in [0.15, 0.2) is 72.8 Å². The number of amides is 4. The molecule has 0 aromatic heterocycles. The molecule has 0 saturated carbocycles. The average molecular weight is 754 g/mol. The molecule has 0 heterocycles. The molecule has 53 heavy (non-hydrogen) atoms. The highest BCUT2D eigenvalue weighted by molar-refractivity contribution is 7.90. The van der Waals surface area contributed by atoms with Crippen LogP contribution in [0.5, 0.6) is 0 Å². The molecule has 0 aliphatic rings. The molecule has 0 spiro atoms. The van der Waals surface area contributed by atoms with E-state index in [1.54, 1.807) is 32.9 Å². The molecule has 15 heteroatoms. The van der Waals surface area contributed by atoms with Gasteiger partial charge in [-0.25, -0.2) is 4.39 Å². The van der Waals surface area contributed by atoms with Gasteiger partial charge in [0.05, 0.1) is 17.8 Å². The van der Waals surface area contributed by atoms with Gasteiger partial charge in [0.15, 0.2) is 0 Å². The Morgan fingerprint density at radius 2 is 1.36 bits per heavy atom. The number of nitrogens with zero attached hydrogens (tertiary/aromatic N) is 2. The predicted octanol–water partition coefficient (Wildman–Crippen LogP) is 3.16. The first-order valence-corrected chi connectivity index (χ1v) is 18.9. The Morgan fingerprint density at radius 3 is 1.91 bits per heavy atom. The maximum absolute atomic E-state index is 14.0. The minimum absolute atomic E-state index is 0.0217. The Hall–Kier alpha value is -4.86. The second kappa shape index (κ2) is 19.3. The van der Waals surface area contributed by atoms with E-state index in [2.05, 4.69) is 26.6 Å². The highest BCUT2D eigenvalue weighted by Gasteiger charge is 2.28. The van der Waals surface area contributed by atoms with Gasteiger partial charge in [-0.15, -0.1) is 0 Å². The first kappa shape index (κ1) is 42.6. The van der Waals surface area contributed by atoms with E-state index in [4.69, 9.17) is 0 Å². The highest BCUT2D eigenvalue weighted by atomic mass is 32.2. The summed E-state index contributed by atoms with van der Waals surface area (Å²) >= 11 is 0. The third-order valence-corrected chi connectivity index (χ3v) is 10.5.